The fourth-order valence-corrected chi connectivity index (χ4v) is 5.00. The number of benzene rings is 3. The standard InChI is InChI=1S/C25H19N3OS/c29-25(27-23-13-26-22-4-2-1-3-21(22)23)28-14-19-6-5-16(12-20(19)15-28)17-7-8-24-18(11-17)9-10-30-24/h1-13,26H,14-15H2,(H,27,29). The number of H-pyrrole nitrogens is 1. The number of urea groups is 1. The molecule has 2 aromatic heterocycles. The van der Waals surface area contributed by atoms with Gasteiger partial charge >= 0.3 is 6.03 Å². The number of hydrogen-bond donors (Lipinski definition) is 2. The van der Waals surface area contributed by atoms with E-state index in [1.54, 1.807) is 11.3 Å². The molecule has 5 heteroatoms. The summed E-state index contributed by atoms with van der Waals surface area (Å²) in [7, 11) is 0. The summed E-state index contributed by atoms with van der Waals surface area (Å²) in [5.74, 6) is 0. The van der Waals surface area contributed by atoms with Crippen molar-refractivity contribution in [3.8, 4) is 11.1 Å². The topological polar surface area (TPSA) is 48.1 Å². The van der Waals surface area contributed by atoms with Crippen molar-refractivity contribution in [1.29, 1.82) is 0 Å². The van der Waals surface area contributed by atoms with E-state index in [2.05, 4.69) is 58.1 Å². The molecule has 0 aliphatic carbocycles. The number of rotatable bonds is 2. The summed E-state index contributed by atoms with van der Waals surface area (Å²) in [6, 6.07) is 23.2. The number of carbonyl (C=O) groups is 1. The lowest BCUT2D eigenvalue weighted by Gasteiger charge is -2.16. The Balaban J connectivity index is 1.23. The van der Waals surface area contributed by atoms with Crippen LogP contribution in [0.1, 0.15) is 11.1 Å². The van der Waals surface area contributed by atoms with Crippen LogP contribution in [0.3, 0.4) is 0 Å². The fraction of sp³-hybridized carbons (Fsp3) is 0.0800. The molecule has 0 spiro atoms. The maximum absolute atomic E-state index is 12.9. The number of anilines is 1. The van der Waals surface area contributed by atoms with Gasteiger partial charge in [-0.25, -0.2) is 4.79 Å². The third-order valence-electron chi connectivity index (χ3n) is 5.83. The van der Waals surface area contributed by atoms with Crippen molar-refractivity contribution in [2.45, 2.75) is 13.1 Å². The summed E-state index contributed by atoms with van der Waals surface area (Å²) >= 11 is 1.76. The van der Waals surface area contributed by atoms with E-state index in [0.717, 1.165) is 16.6 Å². The maximum atomic E-state index is 12.9. The Morgan fingerprint density at radius 2 is 1.77 bits per heavy atom. The largest absolute Gasteiger partial charge is 0.359 e. The highest BCUT2D eigenvalue weighted by Gasteiger charge is 2.24. The zero-order chi connectivity index (χ0) is 20.1. The van der Waals surface area contributed by atoms with Gasteiger partial charge in [-0.05, 0) is 63.4 Å². The smallest absolute Gasteiger partial charge is 0.322 e. The van der Waals surface area contributed by atoms with Gasteiger partial charge in [0.15, 0.2) is 0 Å². The molecule has 5 aromatic rings. The molecular weight excluding hydrogens is 390 g/mol. The third kappa shape index (κ3) is 2.86. The number of aromatic nitrogens is 1. The molecule has 4 nitrogen and oxygen atoms in total. The SMILES string of the molecule is O=C(Nc1c[nH]c2ccccc12)N1Cc2ccc(-c3ccc4sccc4c3)cc2C1. The minimum Gasteiger partial charge on any atom is -0.359 e. The van der Waals surface area contributed by atoms with E-state index < -0.39 is 0 Å². The monoisotopic (exact) mass is 409 g/mol. The van der Waals surface area contributed by atoms with Gasteiger partial charge < -0.3 is 15.2 Å². The summed E-state index contributed by atoms with van der Waals surface area (Å²) < 4.78 is 1.31. The predicted octanol–water partition coefficient (Wildman–Crippen LogP) is 6.60. The molecular formula is C25H19N3OS. The number of amides is 2. The molecule has 30 heavy (non-hydrogen) atoms. The van der Waals surface area contributed by atoms with Gasteiger partial charge in [0, 0.05) is 34.9 Å². The Labute approximate surface area is 177 Å². The average molecular weight is 410 g/mol. The van der Waals surface area contributed by atoms with Gasteiger partial charge in [0.25, 0.3) is 0 Å². The van der Waals surface area contributed by atoms with Crippen LogP contribution in [0.15, 0.2) is 78.3 Å². The van der Waals surface area contributed by atoms with E-state index >= 15 is 0 Å². The first-order valence-corrected chi connectivity index (χ1v) is 10.8. The van der Waals surface area contributed by atoms with Crippen LogP contribution in [0.4, 0.5) is 10.5 Å². The zero-order valence-electron chi connectivity index (χ0n) is 16.2. The first-order valence-electron chi connectivity index (χ1n) is 9.96. The molecule has 1 aliphatic rings. The van der Waals surface area contributed by atoms with E-state index in [1.165, 1.54) is 32.3 Å². The summed E-state index contributed by atoms with van der Waals surface area (Å²) in [6.45, 7) is 1.26. The molecule has 3 aromatic carbocycles. The average Bonchev–Trinajstić information content (AvgIpc) is 3.50. The van der Waals surface area contributed by atoms with E-state index in [0.29, 0.717) is 13.1 Å². The van der Waals surface area contributed by atoms with Crippen LogP contribution in [0.2, 0.25) is 0 Å². The van der Waals surface area contributed by atoms with Gasteiger partial charge in [-0.15, -0.1) is 11.3 Å². The summed E-state index contributed by atoms with van der Waals surface area (Å²) in [6.07, 6.45) is 1.85. The molecule has 6 rings (SSSR count). The number of thiophene rings is 1. The van der Waals surface area contributed by atoms with Gasteiger partial charge in [0.1, 0.15) is 0 Å². The Hall–Kier alpha value is -3.57. The molecule has 2 amide bonds. The number of carbonyl (C=O) groups excluding carboxylic acids is 1. The van der Waals surface area contributed by atoms with Crippen LogP contribution < -0.4 is 5.32 Å². The van der Waals surface area contributed by atoms with Crippen LogP contribution in [-0.4, -0.2) is 15.9 Å². The second kappa shape index (κ2) is 6.75. The van der Waals surface area contributed by atoms with Crippen molar-refractivity contribution >= 4 is 44.0 Å². The summed E-state index contributed by atoms with van der Waals surface area (Å²) in [5, 5.41) is 7.49. The molecule has 0 unspecified atom stereocenters. The van der Waals surface area contributed by atoms with E-state index in [-0.39, 0.29) is 6.03 Å². The fourth-order valence-electron chi connectivity index (χ4n) is 4.23. The van der Waals surface area contributed by atoms with Crippen LogP contribution >= 0.6 is 11.3 Å². The number of hydrogen-bond acceptors (Lipinski definition) is 2. The number of nitrogens with one attached hydrogen (secondary N) is 2. The predicted molar refractivity (Wildman–Crippen MR) is 124 cm³/mol. The number of aromatic amines is 1. The van der Waals surface area contributed by atoms with E-state index in [9.17, 15) is 4.79 Å². The highest BCUT2D eigenvalue weighted by atomic mass is 32.1. The highest BCUT2D eigenvalue weighted by molar-refractivity contribution is 7.17. The first kappa shape index (κ1) is 17.3. The van der Waals surface area contributed by atoms with Gasteiger partial charge in [-0.3, -0.25) is 0 Å². The summed E-state index contributed by atoms with van der Waals surface area (Å²) in [4.78, 5) is 18.0. The Morgan fingerprint density at radius 1 is 0.933 bits per heavy atom. The van der Waals surface area contributed by atoms with Crippen LogP contribution in [0.5, 0.6) is 0 Å². The van der Waals surface area contributed by atoms with Gasteiger partial charge in [-0.2, -0.15) is 0 Å². The Kier molecular flexibility index (Phi) is 3.89. The van der Waals surface area contributed by atoms with Crippen molar-refractivity contribution in [1.82, 2.24) is 9.88 Å². The maximum Gasteiger partial charge on any atom is 0.322 e. The van der Waals surface area contributed by atoms with Crippen LogP contribution in [0.25, 0.3) is 32.1 Å². The number of fused-ring (bicyclic) bond motifs is 3. The molecule has 146 valence electrons. The lowest BCUT2D eigenvalue weighted by Crippen LogP contribution is -2.30. The first-order chi connectivity index (χ1) is 14.7. The lowest BCUT2D eigenvalue weighted by atomic mass is 10.00. The zero-order valence-corrected chi connectivity index (χ0v) is 17.0. The third-order valence-corrected chi connectivity index (χ3v) is 6.73. The Bertz CT molecular complexity index is 1410. The number of nitrogens with zero attached hydrogens (tertiary/aromatic N) is 1. The molecule has 0 atom stereocenters. The molecule has 0 saturated heterocycles. The minimum atomic E-state index is -0.0720. The van der Waals surface area contributed by atoms with Gasteiger partial charge in [-0.1, -0.05) is 36.4 Å². The van der Waals surface area contributed by atoms with Crippen molar-refractivity contribution in [2.24, 2.45) is 0 Å². The van der Waals surface area contributed by atoms with Gasteiger partial charge in [0.05, 0.1) is 5.69 Å². The van der Waals surface area contributed by atoms with E-state index in [4.69, 9.17) is 0 Å². The Morgan fingerprint density at radius 3 is 2.73 bits per heavy atom. The second-order valence-electron chi connectivity index (χ2n) is 7.69. The molecule has 1 aliphatic heterocycles. The van der Waals surface area contributed by atoms with Crippen molar-refractivity contribution in [2.75, 3.05) is 5.32 Å². The van der Waals surface area contributed by atoms with Crippen LogP contribution in [-0.2, 0) is 13.1 Å². The van der Waals surface area contributed by atoms with Gasteiger partial charge in [0.2, 0.25) is 0 Å². The van der Waals surface area contributed by atoms with Crippen molar-refractivity contribution < 1.29 is 4.79 Å². The quantitative estimate of drug-likeness (QED) is 0.339. The van der Waals surface area contributed by atoms with E-state index in [1.807, 2.05) is 35.4 Å². The molecule has 0 saturated carbocycles. The second-order valence-corrected chi connectivity index (χ2v) is 8.64. The highest BCUT2D eigenvalue weighted by Crippen LogP contribution is 2.32. The van der Waals surface area contributed by atoms with Crippen molar-refractivity contribution in [3.05, 3.63) is 89.4 Å². The minimum absolute atomic E-state index is 0.0720. The van der Waals surface area contributed by atoms with Crippen LogP contribution in [0, 0.1) is 0 Å². The van der Waals surface area contributed by atoms with Crippen molar-refractivity contribution in [3.63, 3.8) is 0 Å². The number of para-hydroxylation sites is 1. The molecule has 0 fully saturated rings. The lowest BCUT2D eigenvalue weighted by molar-refractivity contribution is 0.212. The molecule has 0 radical (unpaired) electrons. The normalized spacial score (nSPS) is 13.1. The molecule has 3 heterocycles. The molecule has 2 N–H and O–H groups in total. The molecule has 0 bridgehead atoms. The summed E-state index contributed by atoms with van der Waals surface area (Å²) in [5.41, 5.74) is 6.67.